The zero-order valence-electron chi connectivity index (χ0n) is 13.3. The minimum Gasteiger partial charge on any atom is -0.497 e. The number of carbonyl (C=O) groups excluding carboxylic acids is 1. The third-order valence-corrected chi connectivity index (χ3v) is 3.46. The smallest absolute Gasteiger partial charge is 0.251 e. The molecule has 2 N–H and O–H groups in total. The van der Waals surface area contributed by atoms with Gasteiger partial charge in [0.15, 0.2) is 0 Å². The molecule has 0 spiro atoms. The molecule has 120 valence electrons. The van der Waals surface area contributed by atoms with Crippen molar-refractivity contribution >= 4 is 11.6 Å². The van der Waals surface area contributed by atoms with Gasteiger partial charge in [-0.15, -0.1) is 6.58 Å². The summed E-state index contributed by atoms with van der Waals surface area (Å²) in [5.74, 6) is 0.765. The van der Waals surface area contributed by atoms with Crippen molar-refractivity contribution in [2.75, 3.05) is 25.5 Å². The molecule has 4 heteroatoms. The molecule has 0 unspecified atom stereocenters. The monoisotopic (exact) mass is 310 g/mol. The lowest BCUT2D eigenvalue weighted by Crippen LogP contribution is -2.29. The molecule has 2 rings (SSSR count). The highest BCUT2D eigenvalue weighted by molar-refractivity contribution is 5.95. The molecule has 0 aliphatic rings. The van der Waals surface area contributed by atoms with Gasteiger partial charge < -0.3 is 15.4 Å². The van der Waals surface area contributed by atoms with Crippen molar-refractivity contribution in [1.82, 2.24) is 5.32 Å². The fourth-order valence-corrected chi connectivity index (χ4v) is 2.26. The predicted octanol–water partition coefficient (Wildman–Crippen LogP) is 3.27. The third-order valence-electron chi connectivity index (χ3n) is 3.46. The van der Waals surface area contributed by atoms with Crippen LogP contribution < -0.4 is 15.4 Å². The molecule has 0 aromatic heterocycles. The second-order valence-electron chi connectivity index (χ2n) is 5.06. The maximum Gasteiger partial charge on any atom is 0.251 e. The number of rotatable bonds is 8. The highest BCUT2D eigenvalue weighted by Crippen LogP contribution is 2.14. The van der Waals surface area contributed by atoms with Crippen LogP contribution in [-0.4, -0.2) is 26.1 Å². The van der Waals surface area contributed by atoms with E-state index in [1.54, 1.807) is 13.2 Å². The zero-order chi connectivity index (χ0) is 16.5. The normalized spacial score (nSPS) is 9.96. The van der Waals surface area contributed by atoms with Crippen molar-refractivity contribution < 1.29 is 9.53 Å². The molecule has 0 bridgehead atoms. The van der Waals surface area contributed by atoms with Crippen molar-refractivity contribution in [1.29, 1.82) is 0 Å². The number of benzene rings is 2. The van der Waals surface area contributed by atoms with Crippen LogP contribution in [0.25, 0.3) is 0 Å². The van der Waals surface area contributed by atoms with E-state index < -0.39 is 0 Å². The number of hydrogen-bond acceptors (Lipinski definition) is 3. The van der Waals surface area contributed by atoms with Crippen LogP contribution >= 0.6 is 0 Å². The Morgan fingerprint density at radius 1 is 1.13 bits per heavy atom. The molecular weight excluding hydrogens is 288 g/mol. The Bertz CT molecular complexity index is 651. The van der Waals surface area contributed by atoms with Gasteiger partial charge in [-0.05, 0) is 42.3 Å². The van der Waals surface area contributed by atoms with Crippen LogP contribution in [0.1, 0.15) is 15.9 Å². The summed E-state index contributed by atoms with van der Waals surface area (Å²) in [6.45, 7) is 4.93. The lowest BCUT2D eigenvalue weighted by molar-refractivity contribution is 0.0954. The second-order valence-corrected chi connectivity index (χ2v) is 5.06. The number of ether oxygens (including phenoxy) is 1. The van der Waals surface area contributed by atoms with Crippen LogP contribution in [0.2, 0.25) is 0 Å². The standard InChI is InChI=1S/C19H22N2O2/c1-3-6-15-7-4-5-8-18(15)19(22)21-14-13-20-16-9-11-17(23-2)12-10-16/h3-5,7-12,20H,1,6,13-14H2,2H3,(H,21,22). The van der Waals surface area contributed by atoms with Gasteiger partial charge in [0.1, 0.15) is 5.75 Å². The summed E-state index contributed by atoms with van der Waals surface area (Å²) in [6.07, 6.45) is 2.49. The summed E-state index contributed by atoms with van der Waals surface area (Å²) in [6, 6.07) is 15.3. The van der Waals surface area contributed by atoms with Gasteiger partial charge in [0.2, 0.25) is 0 Å². The van der Waals surface area contributed by atoms with Crippen molar-refractivity contribution in [3.63, 3.8) is 0 Å². The molecule has 0 aliphatic carbocycles. The Morgan fingerprint density at radius 2 is 1.87 bits per heavy atom. The minimum absolute atomic E-state index is 0.0565. The summed E-state index contributed by atoms with van der Waals surface area (Å²) in [5, 5.41) is 6.19. The molecule has 2 aromatic carbocycles. The first kappa shape index (κ1) is 16.6. The van der Waals surface area contributed by atoms with Crippen molar-refractivity contribution in [3.8, 4) is 5.75 Å². The van der Waals surface area contributed by atoms with Gasteiger partial charge in [0.05, 0.1) is 7.11 Å². The number of nitrogens with one attached hydrogen (secondary N) is 2. The first-order valence-corrected chi connectivity index (χ1v) is 7.59. The zero-order valence-corrected chi connectivity index (χ0v) is 13.3. The third kappa shape index (κ3) is 4.88. The summed E-state index contributed by atoms with van der Waals surface area (Å²) < 4.78 is 5.11. The Hall–Kier alpha value is -2.75. The lowest BCUT2D eigenvalue weighted by Gasteiger charge is -2.10. The molecule has 1 amide bonds. The quantitative estimate of drug-likeness (QED) is 0.581. The largest absolute Gasteiger partial charge is 0.497 e. The highest BCUT2D eigenvalue weighted by atomic mass is 16.5. The second kappa shape index (κ2) is 8.63. The molecule has 0 aliphatic heterocycles. The van der Waals surface area contributed by atoms with E-state index in [0.29, 0.717) is 25.1 Å². The molecule has 0 saturated heterocycles. The van der Waals surface area contributed by atoms with Gasteiger partial charge in [-0.2, -0.15) is 0 Å². The molecule has 2 aromatic rings. The van der Waals surface area contributed by atoms with E-state index in [1.165, 1.54) is 0 Å². The fourth-order valence-electron chi connectivity index (χ4n) is 2.26. The maximum atomic E-state index is 12.2. The number of carbonyl (C=O) groups is 1. The minimum atomic E-state index is -0.0565. The van der Waals surface area contributed by atoms with Crippen molar-refractivity contribution in [2.45, 2.75) is 6.42 Å². The van der Waals surface area contributed by atoms with Crippen LogP contribution in [0, 0.1) is 0 Å². The molecular formula is C19H22N2O2. The molecule has 0 fully saturated rings. The summed E-state index contributed by atoms with van der Waals surface area (Å²) in [7, 11) is 1.64. The molecule has 23 heavy (non-hydrogen) atoms. The Kier molecular flexibility index (Phi) is 6.24. The molecule has 4 nitrogen and oxygen atoms in total. The first-order valence-electron chi connectivity index (χ1n) is 7.59. The Balaban J connectivity index is 1.81. The van der Waals surface area contributed by atoms with Gasteiger partial charge in [0, 0.05) is 24.3 Å². The van der Waals surface area contributed by atoms with Crippen LogP contribution in [0.3, 0.4) is 0 Å². The van der Waals surface area contributed by atoms with Gasteiger partial charge in [-0.1, -0.05) is 24.3 Å². The number of amides is 1. The van der Waals surface area contributed by atoms with Crippen LogP contribution in [-0.2, 0) is 6.42 Å². The maximum absolute atomic E-state index is 12.2. The molecule has 0 radical (unpaired) electrons. The van der Waals surface area contributed by atoms with E-state index in [9.17, 15) is 4.79 Å². The Labute approximate surface area is 137 Å². The Morgan fingerprint density at radius 3 is 2.57 bits per heavy atom. The van der Waals surface area contributed by atoms with Crippen LogP contribution in [0.5, 0.6) is 5.75 Å². The van der Waals surface area contributed by atoms with E-state index in [2.05, 4.69) is 17.2 Å². The van der Waals surface area contributed by atoms with Crippen LogP contribution in [0.15, 0.2) is 61.2 Å². The predicted molar refractivity (Wildman–Crippen MR) is 94.2 cm³/mol. The fraction of sp³-hybridized carbons (Fsp3) is 0.211. The summed E-state index contributed by atoms with van der Waals surface area (Å²) in [5.41, 5.74) is 2.69. The van der Waals surface area contributed by atoms with E-state index in [4.69, 9.17) is 4.74 Å². The SMILES string of the molecule is C=CCc1ccccc1C(=O)NCCNc1ccc(OC)cc1. The number of methoxy groups -OCH3 is 1. The van der Waals surface area contributed by atoms with Gasteiger partial charge in [0.25, 0.3) is 5.91 Å². The van der Waals surface area contributed by atoms with Crippen molar-refractivity contribution in [3.05, 3.63) is 72.3 Å². The molecule has 0 saturated carbocycles. The first-order chi connectivity index (χ1) is 11.2. The number of hydrogen-bond donors (Lipinski definition) is 2. The van der Waals surface area contributed by atoms with Crippen molar-refractivity contribution in [2.24, 2.45) is 0 Å². The van der Waals surface area contributed by atoms with Gasteiger partial charge in [-0.25, -0.2) is 0 Å². The summed E-state index contributed by atoms with van der Waals surface area (Å²) in [4.78, 5) is 12.2. The van der Waals surface area contributed by atoms with Crippen LogP contribution in [0.4, 0.5) is 5.69 Å². The average Bonchev–Trinajstić information content (AvgIpc) is 2.60. The molecule has 0 atom stereocenters. The van der Waals surface area contributed by atoms with E-state index in [-0.39, 0.29) is 5.91 Å². The lowest BCUT2D eigenvalue weighted by atomic mass is 10.0. The van der Waals surface area contributed by atoms with E-state index in [0.717, 1.165) is 17.0 Å². The number of allylic oxidation sites excluding steroid dienone is 1. The van der Waals surface area contributed by atoms with E-state index >= 15 is 0 Å². The van der Waals surface area contributed by atoms with E-state index in [1.807, 2.05) is 48.5 Å². The number of anilines is 1. The summed E-state index contributed by atoms with van der Waals surface area (Å²) >= 11 is 0. The van der Waals surface area contributed by atoms with Gasteiger partial charge >= 0.3 is 0 Å². The highest BCUT2D eigenvalue weighted by Gasteiger charge is 2.08. The topological polar surface area (TPSA) is 50.4 Å². The van der Waals surface area contributed by atoms with Gasteiger partial charge in [-0.3, -0.25) is 4.79 Å². The molecule has 0 heterocycles. The average molecular weight is 310 g/mol.